The number of hydrogen-bond donors (Lipinski definition) is 2. The quantitative estimate of drug-likeness (QED) is 0.495. The average molecular weight is 370 g/mol. The first-order valence-electron chi connectivity index (χ1n) is 8.77. The fourth-order valence-corrected chi connectivity index (χ4v) is 2.92. The fourth-order valence-electron chi connectivity index (χ4n) is 2.92. The van der Waals surface area contributed by atoms with Gasteiger partial charge in [-0.1, -0.05) is 24.8 Å². The van der Waals surface area contributed by atoms with Crippen LogP contribution in [0, 0.1) is 0 Å². The summed E-state index contributed by atoms with van der Waals surface area (Å²) in [6.07, 6.45) is 4.72. The van der Waals surface area contributed by atoms with Gasteiger partial charge in [-0.25, -0.2) is 0 Å². The van der Waals surface area contributed by atoms with E-state index in [2.05, 4.69) is 27.1 Å². The second-order valence-corrected chi connectivity index (χ2v) is 6.16. The van der Waals surface area contributed by atoms with Gasteiger partial charge in [-0.15, -0.1) is 0 Å². The Morgan fingerprint density at radius 1 is 1.14 bits per heavy atom. The van der Waals surface area contributed by atoms with Gasteiger partial charge in [-0.3, -0.25) is 14.9 Å². The lowest BCUT2D eigenvalue weighted by Gasteiger charge is -2.09. The van der Waals surface area contributed by atoms with Gasteiger partial charge in [0.25, 0.3) is 0 Å². The van der Waals surface area contributed by atoms with E-state index in [-0.39, 0.29) is 5.91 Å². The zero-order valence-corrected chi connectivity index (χ0v) is 15.1. The van der Waals surface area contributed by atoms with Gasteiger partial charge < -0.3 is 10.1 Å². The van der Waals surface area contributed by atoms with E-state index in [0.717, 1.165) is 33.5 Å². The van der Waals surface area contributed by atoms with Gasteiger partial charge >= 0.3 is 0 Å². The Bertz CT molecular complexity index is 1140. The summed E-state index contributed by atoms with van der Waals surface area (Å²) in [5.74, 6) is 0.466. The van der Waals surface area contributed by atoms with Crippen molar-refractivity contribution < 1.29 is 9.53 Å². The number of para-hydroxylation sites is 1. The molecule has 1 amide bonds. The van der Waals surface area contributed by atoms with Gasteiger partial charge in [-0.2, -0.15) is 5.10 Å². The topological polar surface area (TPSA) is 79.9 Å². The van der Waals surface area contributed by atoms with Gasteiger partial charge in [0.1, 0.15) is 18.1 Å². The molecule has 2 heterocycles. The summed E-state index contributed by atoms with van der Waals surface area (Å²) in [5, 5.41) is 11.2. The van der Waals surface area contributed by atoms with Crippen LogP contribution in [-0.2, 0) is 11.4 Å². The van der Waals surface area contributed by atoms with E-state index in [1.165, 1.54) is 6.08 Å². The third-order valence-corrected chi connectivity index (χ3v) is 4.31. The first-order chi connectivity index (χ1) is 13.7. The number of carbonyl (C=O) groups is 1. The largest absolute Gasteiger partial charge is 0.489 e. The molecule has 0 aliphatic heterocycles. The number of benzene rings is 2. The predicted molar refractivity (Wildman–Crippen MR) is 109 cm³/mol. The smallest absolute Gasteiger partial charge is 0.247 e. The Kier molecular flexibility index (Phi) is 4.84. The van der Waals surface area contributed by atoms with Gasteiger partial charge in [0.15, 0.2) is 0 Å². The Balaban J connectivity index is 1.67. The van der Waals surface area contributed by atoms with E-state index >= 15 is 0 Å². The van der Waals surface area contributed by atoms with Crippen molar-refractivity contribution in [1.29, 1.82) is 0 Å². The molecule has 0 aliphatic rings. The highest BCUT2D eigenvalue weighted by Gasteiger charge is 2.14. The van der Waals surface area contributed by atoms with E-state index in [9.17, 15) is 4.79 Å². The molecule has 0 aliphatic carbocycles. The van der Waals surface area contributed by atoms with E-state index in [1.54, 1.807) is 12.4 Å². The number of nitrogens with zero attached hydrogens (tertiary/aromatic N) is 2. The summed E-state index contributed by atoms with van der Waals surface area (Å²) in [7, 11) is 0. The SMILES string of the molecule is C=CC(=O)Nc1ccccc1-c1n[nH]c2ccc(OCc3ccncc3)cc12. The van der Waals surface area contributed by atoms with Crippen LogP contribution in [0.25, 0.3) is 22.2 Å². The second kappa shape index (κ2) is 7.75. The standard InChI is InChI=1S/C22H18N4O2/c1-2-21(27)24-19-6-4-3-5-17(19)22-18-13-16(7-8-20(18)25-26-22)28-14-15-9-11-23-12-10-15/h2-13H,1,14H2,(H,24,27)(H,25,26). The van der Waals surface area contributed by atoms with Crippen LogP contribution in [0.5, 0.6) is 5.75 Å². The maximum Gasteiger partial charge on any atom is 0.247 e. The van der Waals surface area contributed by atoms with E-state index < -0.39 is 0 Å². The Hall–Kier alpha value is -3.93. The van der Waals surface area contributed by atoms with Crippen LogP contribution in [0.3, 0.4) is 0 Å². The number of fused-ring (bicyclic) bond motifs is 1. The van der Waals surface area contributed by atoms with Crippen LogP contribution in [-0.4, -0.2) is 21.1 Å². The molecule has 2 aromatic heterocycles. The minimum Gasteiger partial charge on any atom is -0.489 e. The molecular formula is C22H18N4O2. The Morgan fingerprint density at radius 2 is 1.96 bits per heavy atom. The third-order valence-electron chi connectivity index (χ3n) is 4.31. The number of aromatic amines is 1. The lowest BCUT2D eigenvalue weighted by Crippen LogP contribution is -2.08. The number of amides is 1. The highest BCUT2D eigenvalue weighted by atomic mass is 16.5. The van der Waals surface area contributed by atoms with Crippen LogP contribution < -0.4 is 10.1 Å². The van der Waals surface area contributed by atoms with Crippen molar-refractivity contribution in [2.24, 2.45) is 0 Å². The summed E-state index contributed by atoms with van der Waals surface area (Å²) < 4.78 is 5.92. The van der Waals surface area contributed by atoms with Crippen LogP contribution in [0.2, 0.25) is 0 Å². The monoisotopic (exact) mass is 370 g/mol. The van der Waals surface area contributed by atoms with E-state index in [0.29, 0.717) is 12.3 Å². The Morgan fingerprint density at radius 3 is 2.79 bits per heavy atom. The first-order valence-corrected chi connectivity index (χ1v) is 8.77. The van der Waals surface area contributed by atoms with Crippen LogP contribution in [0.1, 0.15) is 5.56 Å². The molecule has 0 radical (unpaired) electrons. The molecule has 4 aromatic rings. The summed E-state index contributed by atoms with van der Waals surface area (Å²) in [5.41, 5.74) is 4.15. The molecule has 2 aromatic carbocycles. The number of H-pyrrole nitrogens is 1. The number of nitrogens with one attached hydrogen (secondary N) is 2. The Labute approximate surface area is 161 Å². The van der Waals surface area contributed by atoms with Crippen molar-refractivity contribution in [3.63, 3.8) is 0 Å². The minimum atomic E-state index is -0.270. The van der Waals surface area contributed by atoms with E-state index in [4.69, 9.17) is 4.74 Å². The summed E-state index contributed by atoms with van der Waals surface area (Å²) in [4.78, 5) is 15.8. The zero-order valence-electron chi connectivity index (χ0n) is 15.1. The molecule has 0 unspecified atom stereocenters. The molecule has 2 N–H and O–H groups in total. The van der Waals surface area contributed by atoms with Crippen molar-refractivity contribution in [1.82, 2.24) is 15.2 Å². The van der Waals surface area contributed by atoms with Gasteiger partial charge in [-0.05, 0) is 48.0 Å². The first kappa shape index (κ1) is 17.5. The molecule has 28 heavy (non-hydrogen) atoms. The van der Waals surface area contributed by atoms with Crippen molar-refractivity contribution in [2.75, 3.05) is 5.32 Å². The summed E-state index contributed by atoms with van der Waals surface area (Å²) in [6, 6.07) is 17.1. The molecule has 0 fully saturated rings. The molecule has 0 saturated carbocycles. The van der Waals surface area contributed by atoms with Gasteiger partial charge in [0.2, 0.25) is 5.91 Å². The highest BCUT2D eigenvalue weighted by molar-refractivity contribution is 6.04. The van der Waals surface area contributed by atoms with Crippen molar-refractivity contribution in [3.05, 3.63) is 85.2 Å². The van der Waals surface area contributed by atoms with E-state index in [1.807, 2.05) is 54.6 Å². The second-order valence-electron chi connectivity index (χ2n) is 6.16. The highest BCUT2D eigenvalue weighted by Crippen LogP contribution is 2.33. The lowest BCUT2D eigenvalue weighted by atomic mass is 10.1. The molecule has 0 atom stereocenters. The number of ether oxygens (including phenoxy) is 1. The zero-order chi connectivity index (χ0) is 19.3. The lowest BCUT2D eigenvalue weighted by molar-refractivity contribution is -0.111. The molecule has 4 rings (SSSR count). The predicted octanol–water partition coefficient (Wildman–Crippen LogP) is 4.33. The van der Waals surface area contributed by atoms with Crippen LogP contribution >= 0.6 is 0 Å². The summed E-state index contributed by atoms with van der Waals surface area (Å²) >= 11 is 0. The molecule has 0 bridgehead atoms. The minimum absolute atomic E-state index is 0.270. The number of aromatic nitrogens is 3. The van der Waals surface area contributed by atoms with Crippen molar-refractivity contribution in [3.8, 4) is 17.0 Å². The summed E-state index contributed by atoms with van der Waals surface area (Å²) in [6.45, 7) is 3.95. The normalized spacial score (nSPS) is 10.6. The molecule has 138 valence electrons. The van der Waals surface area contributed by atoms with Crippen LogP contribution in [0.15, 0.2) is 79.6 Å². The van der Waals surface area contributed by atoms with Crippen LogP contribution in [0.4, 0.5) is 5.69 Å². The number of rotatable bonds is 6. The number of carbonyl (C=O) groups excluding carboxylic acids is 1. The number of hydrogen-bond acceptors (Lipinski definition) is 4. The maximum absolute atomic E-state index is 11.8. The number of anilines is 1. The number of pyridine rings is 1. The van der Waals surface area contributed by atoms with Gasteiger partial charge in [0.05, 0.1) is 11.2 Å². The third kappa shape index (κ3) is 3.61. The molecule has 0 saturated heterocycles. The van der Waals surface area contributed by atoms with Crippen molar-refractivity contribution in [2.45, 2.75) is 6.61 Å². The van der Waals surface area contributed by atoms with Crippen molar-refractivity contribution >= 4 is 22.5 Å². The molecule has 0 spiro atoms. The molecule has 6 heteroatoms. The van der Waals surface area contributed by atoms with Gasteiger partial charge in [0, 0.05) is 23.3 Å². The average Bonchev–Trinajstić information content (AvgIpc) is 3.16. The fraction of sp³-hybridized carbons (Fsp3) is 0.0455. The molecule has 6 nitrogen and oxygen atoms in total. The molecular weight excluding hydrogens is 352 g/mol. The maximum atomic E-state index is 11.8.